The summed E-state index contributed by atoms with van der Waals surface area (Å²) in [7, 11) is 2.09. The quantitative estimate of drug-likeness (QED) is 0.384. The minimum absolute atomic E-state index is 0.0397. The van der Waals surface area contributed by atoms with E-state index in [1.54, 1.807) is 19.2 Å². The number of carbonyl (C=O) groups excluding carboxylic acids is 1. The molecule has 0 radical (unpaired) electrons. The highest BCUT2D eigenvalue weighted by Gasteiger charge is 2.32. The van der Waals surface area contributed by atoms with Crippen LogP contribution < -0.4 is 4.74 Å². The van der Waals surface area contributed by atoms with Gasteiger partial charge in [-0.15, -0.1) is 0 Å². The molecule has 0 bridgehead atoms. The Morgan fingerprint density at radius 1 is 1.12 bits per heavy atom. The molecule has 40 heavy (non-hydrogen) atoms. The fraction of sp³-hybridized carbons (Fsp3) is 0.438. The molecule has 0 fully saturated rings. The Bertz CT molecular complexity index is 1430. The number of amides is 1. The number of benzene rings is 1. The van der Waals surface area contributed by atoms with Crippen LogP contribution in [0.5, 0.6) is 5.75 Å². The van der Waals surface area contributed by atoms with Gasteiger partial charge in [0.05, 0.1) is 24.4 Å². The van der Waals surface area contributed by atoms with Gasteiger partial charge in [-0.05, 0) is 88.5 Å². The van der Waals surface area contributed by atoms with E-state index in [2.05, 4.69) is 41.0 Å². The zero-order valence-corrected chi connectivity index (χ0v) is 24.4. The lowest BCUT2D eigenvalue weighted by atomic mass is 9.86. The average Bonchev–Trinajstić information content (AvgIpc) is 2.95. The van der Waals surface area contributed by atoms with E-state index in [4.69, 9.17) is 4.74 Å². The number of hydrogen-bond donors (Lipinski definition) is 1. The zero-order valence-electron chi connectivity index (χ0n) is 24.4. The van der Waals surface area contributed by atoms with Crippen LogP contribution in [0, 0.1) is 18.3 Å². The molecular formula is C32H39N5O3. The first kappa shape index (κ1) is 29.2. The van der Waals surface area contributed by atoms with Crippen LogP contribution in [0.4, 0.5) is 0 Å². The largest absolute Gasteiger partial charge is 0.492 e. The summed E-state index contributed by atoms with van der Waals surface area (Å²) in [5.74, 6) is 0.444. The molecule has 0 aliphatic carbocycles. The Labute approximate surface area is 237 Å². The van der Waals surface area contributed by atoms with Crippen molar-refractivity contribution in [2.45, 2.75) is 59.6 Å². The molecule has 3 heterocycles. The minimum Gasteiger partial charge on any atom is -0.492 e. The van der Waals surface area contributed by atoms with E-state index < -0.39 is 6.10 Å². The summed E-state index contributed by atoms with van der Waals surface area (Å²) < 4.78 is 5.67. The van der Waals surface area contributed by atoms with Crippen molar-refractivity contribution in [1.82, 2.24) is 19.8 Å². The SMILES string of the molecule is CCOc1cc(C(C)N2CCc3c(cc(CCN(C)CC)cc3-c3cc(C(C)O)cnc3C)C2=O)ncc1C#N. The number of aromatic nitrogens is 2. The molecule has 2 unspecified atom stereocenters. The molecule has 0 spiro atoms. The van der Waals surface area contributed by atoms with Crippen molar-refractivity contribution in [2.24, 2.45) is 0 Å². The van der Waals surface area contributed by atoms with E-state index in [9.17, 15) is 15.2 Å². The second kappa shape index (κ2) is 12.6. The van der Waals surface area contributed by atoms with E-state index >= 15 is 0 Å². The third-order valence-electron chi connectivity index (χ3n) is 7.81. The summed E-state index contributed by atoms with van der Waals surface area (Å²) >= 11 is 0. The summed E-state index contributed by atoms with van der Waals surface area (Å²) in [5, 5.41) is 19.7. The second-order valence-electron chi connectivity index (χ2n) is 10.5. The number of aliphatic hydroxyl groups is 1. The number of carbonyl (C=O) groups is 1. The predicted molar refractivity (Wildman–Crippen MR) is 155 cm³/mol. The first-order chi connectivity index (χ1) is 19.2. The highest BCUT2D eigenvalue weighted by atomic mass is 16.5. The molecular weight excluding hydrogens is 502 g/mol. The Hall–Kier alpha value is -3.80. The number of rotatable bonds is 10. The van der Waals surface area contributed by atoms with E-state index in [1.807, 2.05) is 37.8 Å². The molecule has 0 saturated heterocycles. The van der Waals surface area contributed by atoms with Crippen molar-refractivity contribution in [3.63, 3.8) is 0 Å². The molecule has 1 aliphatic heterocycles. The van der Waals surface area contributed by atoms with E-state index in [0.29, 0.717) is 42.1 Å². The smallest absolute Gasteiger partial charge is 0.254 e. The average molecular weight is 542 g/mol. The molecule has 2 atom stereocenters. The van der Waals surface area contributed by atoms with Gasteiger partial charge >= 0.3 is 0 Å². The summed E-state index contributed by atoms with van der Waals surface area (Å²) in [6.45, 7) is 12.5. The molecule has 3 aromatic rings. The molecule has 0 saturated carbocycles. The lowest BCUT2D eigenvalue weighted by Crippen LogP contribution is -2.40. The molecule has 2 aromatic heterocycles. The van der Waals surface area contributed by atoms with Gasteiger partial charge in [0.1, 0.15) is 17.4 Å². The van der Waals surface area contributed by atoms with E-state index in [0.717, 1.165) is 53.0 Å². The third-order valence-corrected chi connectivity index (χ3v) is 7.81. The molecule has 1 N–H and O–H groups in total. The van der Waals surface area contributed by atoms with Gasteiger partial charge in [0, 0.05) is 48.4 Å². The van der Waals surface area contributed by atoms with Gasteiger partial charge in [-0.3, -0.25) is 14.8 Å². The van der Waals surface area contributed by atoms with E-state index in [-0.39, 0.29) is 11.9 Å². The van der Waals surface area contributed by atoms with Gasteiger partial charge in [-0.1, -0.05) is 13.0 Å². The second-order valence-corrected chi connectivity index (χ2v) is 10.5. The Kier molecular flexibility index (Phi) is 9.18. The fourth-order valence-corrected chi connectivity index (χ4v) is 5.16. The Balaban J connectivity index is 1.77. The molecule has 1 aromatic carbocycles. The van der Waals surface area contributed by atoms with Crippen LogP contribution >= 0.6 is 0 Å². The van der Waals surface area contributed by atoms with Crippen LogP contribution in [-0.2, 0) is 12.8 Å². The predicted octanol–water partition coefficient (Wildman–Crippen LogP) is 5.03. The van der Waals surface area contributed by atoms with Crippen molar-refractivity contribution < 1.29 is 14.6 Å². The molecule has 210 valence electrons. The number of fused-ring (bicyclic) bond motifs is 1. The lowest BCUT2D eigenvalue weighted by molar-refractivity contribution is 0.0669. The summed E-state index contributed by atoms with van der Waals surface area (Å²) in [6, 6.07) is 9.84. The van der Waals surface area contributed by atoms with Crippen LogP contribution in [0.1, 0.15) is 83.8 Å². The standard InChI is InChI=1S/C32H39N5O3/c1-7-36(6)11-9-23-13-28(27-15-24(22(5)38)18-34-20(27)3)26-10-12-37(32(39)29(26)14-23)21(4)30-16-31(40-8-2)25(17-33)19-35-30/h13-16,18-19,21-22,38H,7-12H2,1-6H3. The van der Waals surface area contributed by atoms with Gasteiger partial charge in [0.25, 0.3) is 5.91 Å². The van der Waals surface area contributed by atoms with Gasteiger partial charge < -0.3 is 19.6 Å². The van der Waals surface area contributed by atoms with Gasteiger partial charge in [0.2, 0.25) is 0 Å². The maximum Gasteiger partial charge on any atom is 0.254 e. The summed E-state index contributed by atoms with van der Waals surface area (Å²) in [4.78, 5) is 27.3. The number of ether oxygens (including phenoxy) is 1. The van der Waals surface area contributed by atoms with Crippen molar-refractivity contribution >= 4 is 5.91 Å². The van der Waals surface area contributed by atoms with Gasteiger partial charge in [0.15, 0.2) is 0 Å². The normalized spacial score (nSPS) is 14.6. The number of nitriles is 1. The number of hydrogen-bond acceptors (Lipinski definition) is 7. The monoisotopic (exact) mass is 541 g/mol. The Morgan fingerprint density at radius 3 is 2.55 bits per heavy atom. The summed E-state index contributed by atoms with van der Waals surface area (Å²) in [6.07, 6.45) is 4.09. The van der Waals surface area contributed by atoms with Crippen molar-refractivity contribution in [3.05, 3.63) is 75.9 Å². The summed E-state index contributed by atoms with van der Waals surface area (Å²) in [5.41, 5.74) is 7.44. The topological polar surface area (TPSA) is 103 Å². The first-order valence-electron chi connectivity index (χ1n) is 14.0. The van der Waals surface area contributed by atoms with E-state index in [1.165, 1.54) is 6.20 Å². The lowest BCUT2D eigenvalue weighted by Gasteiger charge is -2.35. The highest BCUT2D eigenvalue weighted by molar-refractivity contribution is 5.99. The number of aliphatic hydroxyl groups excluding tert-OH is 1. The molecule has 8 heteroatoms. The fourth-order valence-electron chi connectivity index (χ4n) is 5.16. The number of pyridine rings is 2. The maximum atomic E-state index is 14.1. The zero-order chi connectivity index (χ0) is 29.0. The Morgan fingerprint density at radius 2 is 1.88 bits per heavy atom. The number of nitrogens with zero attached hydrogens (tertiary/aromatic N) is 5. The number of aryl methyl sites for hydroxylation is 1. The third kappa shape index (κ3) is 6.01. The highest BCUT2D eigenvalue weighted by Crippen LogP contribution is 2.37. The maximum absolute atomic E-state index is 14.1. The first-order valence-corrected chi connectivity index (χ1v) is 14.0. The minimum atomic E-state index is -0.636. The van der Waals surface area contributed by atoms with Crippen LogP contribution in [0.15, 0.2) is 36.7 Å². The van der Waals surface area contributed by atoms with Crippen molar-refractivity contribution in [2.75, 3.05) is 33.3 Å². The van der Waals surface area contributed by atoms with Crippen molar-refractivity contribution in [3.8, 4) is 22.9 Å². The van der Waals surface area contributed by atoms with Gasteiger partial charge in [-0.25, -0.2) is 0 Å². The number of likely N-dealkylation sites (N-methyl/N-ethyl adjacent to an activating group) is 1. The molecule has 1 aliphatic rings. The molecule has 8 nitrogen and oxygen atoms in total. The van der Waals surface area contributed by atoms with Crippen molar-refractivity contribution in [1.29, 1.82) is 5.26 Å². The van der Waals surface area contributed by atoms with Crippen LogP contribution in [0.25, 0.3) is 11.1 Å². The molecule has 4 rings (SSSR count). The van der Waals surface area contributed by atoms with Crippen LogP contribution in [0.2, 0.25) is 0 Å². The van der Waals surface area contributed by atoms with Crippen LogP contribution in [0.3, 0.4) is 0 Å². The van der Waals surface area contributed by atoms with Gasteiger partial charge in [-0.2, -0.15) is 5.26 Å². The van der Waals surface area contributed by atoms with Crippen LogP contribution in [-0.4, -0.2) is 64.1 Å². The molecule has 1 amide bonds.